The van der Waals surface area contributed by atoms with Crippen LogP contribution < -0.4 is 14.9 Å². The summed E-state index contributed by atoms with van der Waals surface area (Å²) in [4.78, 5) is 25.6. The van der Waals surface area contributed by atoms with Gasteiger partial charge in [0, 0.05) is 31.5 Å². The van der Waals surface area contributed by atoms with E-state index in [1.165, 1.54) is 4.31 Å². The van der Waals surface area contributed by atoms with E-state index >= 15 is 0 Å². The molecule has 3 aromatic carbocycles. The third-order valence-electron chi connectivity index (χ3n) is 6.41. The SMILES string of the molecule is O=C(CCCN1c2cccc3cccc(c23)S1(=O)=O)Nc1ccccc1C(=O)NC[C@H]1CCCO1. The molecule has 0 aliphatic carbocycles. The third kappa shape index (κ3) is 4.61. The Morgan fingerprint density at radius 2 is 1.83 bits per heavy atom. The topological polar surface area (TPSA) is 105 Å². The third-order valence-corrected chi connectivity index (χ3v) is 8.26. The number of rotatable bonds is 8. The standard InChI is InChI=1S/C26H27N3O5S/c30-24(28-21-11-2-1-10-20(21)26(31)27-17-19-9-6-16-34-19)14-5-15-29-22-12-3-7-18-8-4-13-23(25(18)22)35(29,32)33/h1-4,7-8,10-13,19H,5-6,9,14-17H2,(H,27,31)(H,28,30)/t19-/m1/s1. The summed E-state index contributed by atoms with van der Waals surface area (Å²) in [5.74, 6) is -0.554. The minimum Gasteiger partial charge on any atom is -0.376 e. The lowest BCUT2D eigenvalue weighted by molar-refractivity contribution is -0.116. The minimum absolute atomic E-state index is 0.0274. The number of benzene rings is 3. The van der Waals surface area contributed by atoms with Crippen molar-refractivity contribution in [1.29, 1.82) is 0 Å². The van der Waals surface area contributed by atoms with Crippen LogP contribution in [0, 0.1) is 0 Å². The number of sulfonamides is 1. The zero-order valence-corrected chi connectivity index (χ0v) is 20.0. The molecule has 2 aliphatic heterocycles. The van der Waals surface area contributed by atoms with E-state index in [9.17, 15) is 18.0 Å². The van der Waals surface area contributed by atoms with Gasteiger partial charge in [-0.15, -0.1) is 0 Å². The number of carbonyl (C=O) groups excluding carboxylic acids is 2. The molecule has 0 saturated carbocycles. The first kappa shape index (κ1) is 23.3. The second-order valence-electron chi connectivity index (χ2n) is 8.75. The highest BCUT2D eigenvalue weighted by atomic mass is 32.2. The zero-order chi connectivity index (χ0) is 24.4. The molecule has 8 nitrogen and oxygen atoms in total. The number of hydrogen-bond acceptors (Lipinski definition) is 5. The smallest absolute Gasteiger partial charge is 0.265 e. The van der Waals surface area contributed by atoms with E-state index in [1.54, 1.807) is 42.5 Å². The summed E-state index contributed by atoms with van der Waals surface area (Å²) in [6.07, 6.45) is 2.39. The number of amides is 2. The van der Waals surface area contributed by atoms with Gasteiger partial charge in [0.05, 0.1) is 27.9 Å². The van der Waals surface area contributed by atoms with Gasteiger partial charge in [-0.1, -0.05) is 36.4 Å². The lowest BCUT2D eigenvalue weighted by Crippen LogP contribution is -2.32. The average molecular weight is 494 g/mol. The number of anilines is 2. The van der Waals surface area contributed by atoms with Gasteiger partial charge < -0.3 is 15.4 Å². The fourth-order valence-corrected chi connectivity index (χ4v) is 6.44. The maximum absolute atomic E-state index is 13.1. The van der Waals surface area contributed by atoms with Gasteiger partial charge in [0.25, 0.3) is 15.9 Å². The normalized spacial score (nSPS) is 18.1. The minimum atomic E-state index is -3.65. The summed E-state index contributed by atoms with van der Waals surface area (Å²) >= 11 is 0. The second kappa shape index (κ2) is 9.67. The summed E-state index contributed by atoms with van der Waals surface area (Å²) < 4.78 is 33.1. The van der Waals surface area contributed by atoms with Gasteiger partial charge in [-0.3, -0.25) is 13.9 Å². The van der Waals surface area contributed by atoms with E-state index in [1.807, 2.05) is 18.2 Å². The predicted octanol–water partition coefficient (Wildman–Crippen LogP) is 3.68. The lowest BCUT2D eigenvalue weighted by Gasteiger charge is -2.18. The van der Waals surface area contributed by atoms with E-state index in [0.717, 1.165) is 23.6 Å². The highest BCUT2D eigenvalue weighted by Crippen LogP contribution is 2.42. The molecule has 35 heavy (non-hydrogen) atoms. The molecule has 2 heterocycles. The van der Waals surface area contributed by atoms with Crippen molar-refractivity contribution in [3.63, 3.8) is 0 Å². The van der Waals surface area contributed by atoms with Gasteiger partial charge in [0.15, 0.2) is 0 Å². The molecule has 9 heteroatoms. The van der Waals surface area contributed by atoms with Crippen LogP contribution in [-0.2, 0) is 19.6 Å². The Morgan fingerprint density at radius 3 is 2.63 bits per heavy atom. The summed E-state index contributed by atoms with van der Waals surface area (Å²) in [5, 5.41) is 7.27. The maximum atomic E-state index is 13.1. The first-order valence-electron chi connectivity index (χ1n) is 11.8. The highest BCUT2D eigenvalue weighted by molar-refractivity contribution is 7.93. The summed E-state index contributed by atoms with van der Waals surface area (Å²) in [6, 6.07) is 17.6. The molecule has 0 radical (unpaired) electrons. The Kier molecular flexibility index (Phi) is 6.44. The molecule has 1 atom stereocenters. The zero-order valence-electron chi connectivity index (χ0n) is 19.2. The van der Waals surface area contributed by atoms with Crippen LogP contribution in [0.3, 0.4) is 0 Å². The molecule has 2 N–H and O–H groups in total. The van der Waals surface area contributed by atoms with Crippen molar-refractivity contribution in [3.8, 4) is 0 Å². The molecule has 1 fully saturated rings. The van der Waals surface area contributed by atoms with Gasteiger partial charge in [-0.25, -0.2) is 8.42 Å². The molecule has 0 bridgehead atoms. The molecule has 0 aromatic heterocycles. The van der Waals surface area contributed by atoms with Crippen molar-refractivity contribution in [2.45, 2.75) is 36.7 Å². The van der Waals surface area contributed by atoms with Crippen LogP contribution in [0.15, 0.2) is 65.6 Å². The molecule has 2 aliphatic rings. The lowest BCUT2D eigenvalue weighted by atomic mass is 10.1. The van der Waals surface area contributed by atoms with Crippen LogP contribution in [0.1, 0.15) is 36.0 Å². The molecule has 2 amide bonds. The van der Waals surface area contributed by atoms with Crippen LogP contribution in [-0.4, -0.2) is 46.0 Å². The monoisotopic (exact) mass is 493 g/mol. The first-order chi connectivity index (χ1) is 16.9. The molecular formula is C26H27N3O5S. The van der Waals surface area contributed by atoms with Gasteiger partial charge in [-0.2, -0.15) is 0 Å². The molecule has 5 rings (SSSR count). The maximum Gasteiger partial charge on any atom is 0.265 e. The van der Waals surface area contributed by atoms with Gasteiger partial charge >= 0.3 is 0 Å². The van der Waals surface area contributed by atoms with Crippen molar-refractivity contribution < 1.29 is 22.7 Å². The number of carbonyl (C=O) groups is 2. The largest absolute Gasteiger partial charge is 0.376 e. The first-order valence-corrected chi connectivity index (χ1v) is 13.2. The average Bonchev–Trinajstić information content (AvgIpc) is 3.45. The Balaban J connectivity index is 1.20. The van der Waals surface area contributed by atoms with E-state index < -0.39 is 10.0 Å². The van der Waals surface area contributed by atoms with Crippen LogP contribution in [0.4, 0.5) is 11.4 Å². The quantitative estimate of drug-likeness (QED) is 0.498. The van der Waals surface area contributed by atoms with Gasteiger partial charge in [0.1, 0.15) is 0 Å². The predicted molar refractivity (Wildman–Crippen MR) is 134 cm³/mol. The summed E-state index contributed by atoms with van der Waals surface area (Å²) in [6.45, 7) is 1.33. The molecule has 1 saturated heterocycles. The number of ether oxygens (including phenoxy) is 1. The molecule has 182 valence electrons. The van der Waals surface area contributed by atoms with E-state index in [2.05, 4.69) is 10.6 Å². The van der Waals surface area contributed by atoms with Crippen molar-refractivity contribution in [3.05, 3.63) is 66.2 Å². The van der Waals surface area contributed by atoms with E-state index in [-0.39, 0.29) is 30.9 Å². The number of nitrogens with one attached hydrogen (secondary N) is 2. The van der Waals surface area contributed by atoms with Crippen molar-refractivity contribution in [1.82, 2.24) is 5.32 Å². The number of hydrogen-bond donors (Lipinski definition) is 2. The van der Waals surface area contributed by atoms with Crippen molar-refractivity contribution in [2.24, 2.45) is 0 Å². The molecular weight excluding hydrogens is 466 g/mol. The van der Waals surface area contributed by atoms with E-state index in [4.69, 9.17) is 4.74 Å². The Bertz CT molecular complexity index is 1380. The van der Waals surface area contributed by atoms with Crippen LogP contribution >= 0.6 is 0 Å². The highest BCUT2D eigenvalue weighted by Gasteiger charge is 2.35. The fourth-order valence-electron chi connectivity index (χ4n) is 4.69. The number of para-hydroxylation sites is 1. The van der Waals surface area contributed by atoms with Gasteiger partial charge in [-0.05, 0) is 48.9 Å². The van der Waals surface area contributed by atoms with Gasteiger partial charge in [0.2, 0.25) is 5.91 Å². The Morgan fingerprint density at radius 1 is 1.03 bits per heavy atom. The summed E-state index contributed by atoms with van der Waals surface area (Å²) in [7, 11) is -3.65. The Hall–Kier alpha value is -3.43. The Labute approximate surface area is 204 Å². The molecule has 0 unspecified atom stereocenters. The van der Waals surface area contributed by atoms with Crippen LogP contribution in [0.5, 0.6) is 0 Å². The summed E-state index contributed by atoms with van der Waals surface area (Å²) in [5.41, 5.74) is 1.45. The van der Waals surface area contributed by atoms with Crippen LogP contribution in [0.2, 0.25) is 0 Å². The van der Waals surface area contributed by atoms with Crippen molar-refractivity contribution >= 4 is 44.0 Å². The van der Waals surface area contributed by atoms with Crippen LogP contribution in [0.25, 0.3) is 10.8 Å². The van der Waals surface area contributed by atoms with Crippen molar-refractivity contribution in [2.75, 3.05) is 29.3 Å². The molecule has 3 aromatic rings. The fraction of sp³-hybridized carbons (Fsp3) is 0.308. The van der Waals surface area contributed by atoms with E-state index in [0.29, 0.717) is 41.4 Å². The second-order valence-corrected chi connectivity index (χ2v) is 10.6. The molecule has 0 spiro atoms. The number of nitrogens with zero attached hydrogens (tertiary/aromatic N) is 1.